The third-order valence-electron chi connectivity index (χ3n) is 4.31. The molecule has 6 heteroatoms. The molecule has 4 aromatic rings. The predicted octanol–water partition coefficient (Wildman–Crippen LogP) is 5.09. The number of nitrogens with one attached hydrogen (secondary N) is 1. The van der Waals surface area contributed by atoms with Crippen molar-refractivity contribution in [3.8, 4) is 17.2 Å². The number of ether oxygens (including phenoxy) is 1. The molecule has 4 rings (SSSR count). The van der Waals surface area contributed by atoms with E-state index in [0.717, 1.165) is 17.0 Å². The van der Waals surface area contributed by atoms with Crippen LogP contribution in [0.15, 0.2) is 83.3 Å². The molecule has 0 aliphatic rings. The summed E-state index contributed by atoms with van der Waals surface area (Å²) in [5, 5.41) is 11.6. The zero-order chi connectivity index (χ0) is 19.3. The first-order valence-corrected chi connectivity index (χ1v) is 8.78. The number of hydrogen-bond donors (Lipinski definition) is 1. The molecule has 0 bridgehead atoms. The maximum atomic E-state index is 14.1. The summed E-state index contributed by atoms with van der Waals surface area (Å²) in [6, 6.07) is 23.2. The van der Waals surface area contributed by atoms with Crippen molar-refractivity contribution in [2.24, 2.45) is 0 Å². The van der Waals surface area contributed by atoms with Crippen molar-refractivity contribution >= 4 is 5.69 Å². The molecule has 1 atom stereocenters. The van der Waals surface area contributed by atoms with E-state index in [9.17, 15) is 4.39 Å². The Balaban J connectivity index is 1.71. The van der Waals surface area contributed by atoms with E-state index < -0.39 is 11.9 Å². The highest BCUT2D eigenvalue weighted by atomic mass is 19.1. The number of anilines is 1. The molecule has 1 N–H and O–H groups in total. The minimum absolute atomic E-state index is 0.140. The van der Waals surface area contributed by atoms with E-state index in [1.807, 2.05) is 54.6 Å². The number of hydrogen-bond acceptors (Lipinski definition) is 5. The fourth-order valence-corrected chi connectivity index (χ4v) is 2.91. The van der Waals surface area contributed by atoms with Crippen LogP contribution in [0.1, 0.15) is 17.5 Å². The standard InChI is InChI=1S/C22H18FN3O2/c1-27-17-11-7-10-16(14-17)24-20(15-8-3-2-4-9-15)22-26-25-21(28-22)18-12-5-6-13-19(18)23/h2-14,20,24H,1H3/t20-/m0/s1. The lowest BCUT2D eigenvalue weighted by atomic mass is 10.1. The van der Waals surface area contributed by atoms with Crippen LogP contribution in [-0.4, -0.2) is 17.3 Å². The van der Waals surface area contributed by atoms with E-state index in [0.29, 0.717) is 5.89 Å². The van der Waals surface area contributed by atoms with E-state index in [4.69, 9.17) is 9.15 Å². The van der Waals surface area contributed by atoms with Crippen LogP contribution in [0.5, 0.6) is 5.75 Å². The molecular weight excluding hydrogens is 357 g/mol. The summed E-state index contributed by atoms with van der Waals surface area (Å²) >= 11 is 0. The zero-order valence-electron chi connectivity index (χ0n) is 15.2. The first-order valence-electron chi connectivity index (χ1n) is 8.78. The van der Waals surface area contributed by atoms with Crippen molar-refractivity contribution in [1.29, 1.82) is 0 Å². The van der Waals surface area contributed by atoms with E-state index in [2.05, 4.69) is 15.5 Å². The highest BCUT2D eigenvalue weighted by molar-refractivity contribution is 5.54. The van der Waals surface area contributed by atoms with Crippen molar-refractivity contribution in [1.82, 2.24) is 10.2 Å². The van der Waals surface area contributed by atoms with Gasteiger partial charge in [0.1, 0.15) is 17.6 Å². The highest BCUT2D eigenvalue weighted by Gasteiger charge is 2.22. The molecule has 28 heavy (non-hydrogen) atoms. The minimum Gasteiger partial charge on any atom is -0.497 e. The average molecular weight is 375 g/mol. The van der Waals surface area contributed by atoms with Gasteiger partial charge in [0.25, 0.3) is 5.89 Å². The van der Waals surface area contributed by atoms with E-state index in [-0.39, 0.29) is 11.5 Å². The third-order valence-corrected chi connectivity index (χ3v) is 4.31. The molecule has 1 heterocycles. The van der Waals surface area contributed by atoms with Crippen LogP contribution in [0.4, 0.5) is 10.1 Å². The molecular formula is C22H18FN3O2. The number of benzene rings is 3. The van der Waals surface area contributed by atoms with Crippen LogP contribution in [0.25, 0.3) is 11.5 Å². The van der Waals surface area contributed by atoms with Gasteiger partial charge in [-0.15, -0.1) is 10.2 Å². The molecule has 0 aliphatic carbocycles. The van der Waals surface area contributed by atoms with E-state index >= 15 is 0 Å². The largest absolute Gasteiger partial charge is 0.497 e. The monoisotopic (exact) mass is 375 g/mol. The van der Waals surface area contributed by atoms with Gasteiger partial charge in [-0.3, -0.25) is 0 Å². The Labute approximate surface area is 161 Å². The van der Waals surface area contributed by atoms with Gasteiger partial charge in [0.2, 0.25) is 5.89 Å². The Hall–Kier alpha value is -3.67. The van der Waals surface area contributed by atoms with Crippen LogP contribution >= 0.6 is 0 Å². The fourth-order valence-electron chi connectivity index (χ4n) is 2.91. The Kier molecular flexibility index (Phi) is 5.01. The van der Waals surface area contributed by atoms with Gasteiger partial charge < -0.3 is 14.5 Å². The number of rotatable bonds is 6. The Morgan fingerprint density at radius 1 is 0.929 bits per heavy atom. The third kappa shape index (κ3) is 3.71. The summed E-state index contributed by atoms with van der Waals surface area (Å²) in [7, 11) is 1.62. The molecule has 1 aromatic heterocycles. The quantitative estimate of drug-likeness (QED) is 0.509. The molecule has 0 unspecified atom stereocenters. The van der Waals surface area contributed by atoms with Crippen molar-refractivity contribution < 1.29 is 13.5 Å². The lowest BCUT2D eigenvalue weighted by molar-refractivity contribution is 0.415. The SMILES string of the molecule is COc1cccc(N[C@@H](c2ccccc2)c2nnc(-c3ccccc3F)o2)c1. The summed E-state index contributed by atoms with van der Waals surface area (Å²) in [5.74, 6) is 0.804. The second-order valence-electron chi connectivity index (χ2n) is 6.15. The Bertz CT molecular complexity index is 1070. The summed E-state index contributed by atoms with van der Waals surface area (Å²) in [5.41, 5.74) is 2.04. The van der Waals surface area contributed by atoms with Gasteiger partial charge in [-0.2, -0.15) is 0 Å². The maximum absolute atomic E-state index is 14.1. The molecule has 0 amide bonds. The first kappa shape index (κ1) is 17.7. The number of nitrogens with zero attached hydrogens (tertiary/aromatic N) is 2. The van der Waals surface area contributed by atoms with Gasteiger partial charge in [-0.05, 0) is 29.8 Å². The number of aromatic nitrogens is 2. The molecule has 0 radical (unpaired) electrons. The number of halogens is 1. The van der Waals surface area contributed by atoms with Crippen LogP contribution in [-0.2, 0) is 0 Å². The molecule has 0 saturated carbocycles. The van der Waals surface area contributed by atoms with Gasteiger partial charge >= 0.3 is 0 Å². The summed E-state index contributed by atoms with van der Waals surface area (Å²) < 4.78 is 25.2. The lowest BCUT2D eigenvalue weighted by Crippen LogP contribution is -2.12. The van der Waals surface area contributed by atoms with Crippen LogP contribution in [0.2, 0.25) is 0 Å². The van der Waals surface area contributed by atoms with Gasteiger partial charge in [0.15, 0.2) is 0 Å². The summed E-state index contributed by atoms with van der Waals surface area (Å²) in [6.45, 7) is 0. The van der Waals surface area contributed by atoms with Crippen LogP contribution < -0.4 is 10.1 Å². The average Bonchev–Trinajstić information content (AvgIpc) is 3.23. The van der Waals surface area contributed by atoms with Gasteiger partial charge in [-0.1, -0.05) is 48.5 Å². The lowest BCUT2D eigenvalue weighted by Gasteiger charge is -2.17. The summed E-state index contributed by atoms with van der Waals surface area (Å²) in [6.07, 6.45) is 0. The van der Waals surface area contributed by atoms with Gasteiger partial charge in [-0.25, -0.2) is 4.39 Å². The predicted molar refractivity (Wildman–Crippen MR) is 105 cm³/mol. The van der Waals surface area contributed by atoms with Crippen LogP contribution in [0.3, 0.4) is 0 Å². The second kappa shape index (κ2) is 7.92. The molecule has 0 spiro atoms. The summed E-state index contributed by atoms with van der Waals surface area (Å²) in [4.78, 5) is 0. The number of methoxy groups -OCH3 is 1. The molecule has 0 aliphatic heterocycles. The minimum atomic E-state index is -0.408. The zero-order valence-corrected chi connectivity index (χ0v) is 15.2. The normalized spacial score (nSPS) is 11.8. The maximum Gasteiger partial charge on any atom is 0.250 e. The van der Waals surface area contributed by atoms with Crippen molar-refractivity contribution in [3.05, 3.63) is 96.1 Å². The Morgan fingerprint density at radius 3 is 2.50 bits per heavy atom. The molecule has 3 aromatic carbocycles. The highest BCUT2D eigenvalue weighted by Crippen LogP contribution is 2.30. The van der Waals surface area contributed by atoms with Gasteiger partial charge in [0.05, 0.1) is 12.7 Å². The van der Waals surface area contributed by atoms with E-state index in [1.54, 1.807) is 25.3 Å². The Morgan fingerprint density at radius 2 is 1.71 bits per heavy atom. The topological polar surface area (TPSA) is 60.2 Å². The molecule has 140 valence electrons. The smallest absolute Gasteiger partial charge is 0.250 e. The first-order chi connectivity index (χ1) is 13.7. The van der Waals surface area contributed by atoms with Gasteiger partial charge in [0, 0.05) is 11.8 Å². The molecule has 5 nitrogen and oxygen atoms in total. The molecule has 0 fully saturated rings. The van der Waals surface area contributed by atoms with Crippen molar-refractivity contribution in [2.45, 2.75) is 6.04 Å². The van der Waals surface area contributed by atoms with Crippen molar-refractivity contribution in [3.63, 3.8) is 0 Å². The van der Waals surface area contributed by atoms with Crippen molar-refractivity contribution in [2.75, 3.05) is 12.4 Å². The fraction of sp³-hybridized carbons (Fsp3) is 0.0909. The second-order valence-corrected chi connectivity index (χ2v) is 6.15. The molecule has 0 saturated heterocycles. The van der Waals surface area contributed by atoms with E-state index in [1.165, 1.54) is 6.07 Å². The van der Waals surface area contributed by atoms with Crippen LogP contribution in [0, 0.1) is 5.82 Å².